The summed E-state index contributed by atoms with van der Waals surface area (Å²) in [7, 11) is 0. The van der Waals surface area contributed by atoms with Crippen LogP contribution in [-0.4, -0.2) is 41.3 Å². The normalized spacial score (nSPS) is 21.8. The summed E-state index contributed by atoms with van der Waals surface area (Å²) >= 11 is 1.78. The molecule has 2 unspecified atom stereocenters. The van der Waals surface area contributed by atoms with Crippen LogP contribution in [-0.2, 0) is 0 Å². The Bertz CT molecular complexity index is 680. The molecule has 0 saturated carbocycles. The number of para-hydroxylation sites is 1. The Kier molecular flexibility index (Phi) is 7.45. The molecule has 3 rings (SSSR count). The SMILES string of the molecule is CCNC(=NCC1(O)CCSC1)NC(C)c1cc2ccccc2o1.I. The molecule has 0 bridgehead atoms. The lowest BCUT2D eigenvalue weighted by Gasteiger charge is -2.21. The van der Waals surface area contributed by atoms with Gasteiger partial charge in [0, 0.05) is 17.7 Å². The summed E-state index contributed by atoms with van der Waals surface area (Å²) in [5, 5.41) is 18.2. The van der Waals surface area contributed by atoms with Gasteiger partial charge in [0.05, 0.1) is 18.2 Å². The van der Waals surface area contributed by atoms with E-state index in [1.807, 2.05) is 38.1 Å². The predicted octanol–water partition coefficient (Wildman–Crippen LogP) is 3.53. The molecule has 0 aliphatic carbocycles. The molecule has 0 amide bonds. The summed E-state index contributed by atoms with van der Waals surface area (Å²) in [4.78, 5) is 4.58. The first-order chi connectivity index (χ1) is 11.6. The Morgan fingerprint density at radius 2 is 2.24 bits per heavy atom. The molecular formula is C18H26IN3O2S. The van der Waals surface area contributed by atoms with E-state index in [1.165, 1.54) is 0 Å². The third-order valence-corrected chi connectivity index (χ3v) is 5.42. The van der Waals surface area contributed by atoms with Gasteiger partial charge in [0.25, 0.3) is 0 Å². The van der Waals surface area contributed by atoms with Crippen LogP contribution in [0.1, 0.15) is 32.1 Å². The highest BCUT2D eigenvalue weighted by atomic mass is 127. The molecule has 3 N–H and O–H groups in total. The molecule has 2 atom stereocenters. The van der Waals surface area contributed by atoms with E-state index in [2.05, 4.69) is 21.7 Å². The van der Waals surface area contributed by atoms with E-state index in [9.17, 15) is 5.11 Å². The summed E-state index contributed by atoms with van der Waals surface area (Å²) in [5.41, 5.74) is 0.218. The second-order valence-electron chi connectivity index (χ2n) is 6.27. The second kappa shape index (κ2) is 9.14. The van der Waals surface area contributed by atoms with Gasteiger partial charge in [-0.3, -0.25) is 4.99 Å². The lowest BCUT2D eigenvalue weighted by atomic mass is 10.1. The molecular weight excluding hydrogens is 449 g/mol. The first-order valence-corrected chi connectivity index (χ1v) is 9.58. The lowest BCUT2D eigenvalue weighted by Crippen LogP contribution is -2.41. The summed E-state index contributed by atoms with van der Waals surface area (Å²) in [5.74, 6) is 3.34. The quantitative estimate of drug-likeness (QED) is 0.351. The van der Waals surface area contributed by atoms with Gasteiger partial charge in [-0.05, 0) is 38.2 Å². The average molecular weight is 475 g/mol. The number of fused-ring (bicyclic) bond motifs is 1. The van der Waals surface area contributed by atoms with Gasteiger partial charge in [-0.2, -0.15) is 11.8 Å². The number of halogens is 1. The van der Waals surface area contributed by atoms with Crippen LogP contribution in [0.2, 0.25) is 0 Å². The smallest absolute Gasteiger partial charge is 0.191 e. The van der Waals surface area contributed by atoms with Crippen LogP contribution in [0.15, 0.2) is 39.7 Å². The highest BCUT2D eigenvalue weighted by Crippen LogP contribution is 2.28. The molecule has 138 valence electrons. The molecule has 1 fully saturated rings. The van der Waals surface area contributed by atoms with Crippen molar-refractivity contribution in [2.75, 3.05) is 24.6 Å². The van der Waals surface area contributed by atoms with Crippen molar-refractivity contribution in [3.8, 4) is 0 Å². The number of guanidine groups is 1. The van der Waals surface area contributed by atoms with Crippen LogP contribution in [0.4, 0.5) is 0 Å². The molecule has 1 aliphatic heterocycles. The maximum absolute atomic E-state index is 10.5. The van der Waals surface area contributed by atoms with Crippen LogP contribution >= 0.6 is 35.7 Å². The second-order valence-corrected chi connectivity index (χ2v) is 7.38. The fourth-order valence-corrected chi connectivity index (χ4v) is 4.04. The topological polar surface area (TPSA) is 69.8 Å². The van der Waals surface area contributed by atoms with Crippen molar-refractivity contribution < 1.29 is 9.52 Å². The zero-order valence-electron chi connectivity index (χ0n) is 14.6. The third kappa shape index (κ3) is 5.27. The van der Waals surface area contributed by atoms with Crippen LogP contribution < -0.4 is 10.6 Å². The molecule has 0 radical (unpaired) electrons. The zero-order chi connectivity index (χ0) is 17.0. The fraction of sp³-hybridized carbons (Fsp3) is 0.500. The third-order valence-electron chi connectivity index (χ3n) is 4.18. The van der Waals surface area contributed by atoms with Crippen LogP contribution in [0.5, 0.6) is 0 Å². The Labute approximate surface area is 170 Å². The maximum atomic E-state index is 10.5. The maximum Gasteiger partial charge on any atom is 0.191 e. The average Bonchev–Trinajstić information content (AvgIpc) is 3.19. The zero-order valence-corrected chi connectivity index (χ0v) is 17.8. The molecule has 5 nitrogen and oxygen atoms in total. The number of aliphatic imine (C=N–C) groups is 1. The molecule has 2 aromatic rings. The summed E-state index contributed by atoms with van der Waals surface area (Å²) in [6, 6.07) is 10.0. The van der Waals surface area contributed by atoms with Crippen LogP contribution in [0.3, 0.4) is 0 Å². The number of rotatable bonds is 5. The van der Waals surface area contributed by atoms with Gasteiger partial charge < -0.3 is 20.2 Å². The number of nitrogens with one attached hydrogen (secondary N) is 2. The van der Waals surface area contributed by atoms with Crippen molar-refractivity contribution in [1.29, 1.82) is 0 Å². The van der Waals surface area contributed by atoms with Crippen molar-refractivity contribution in [3.63, 3.8) is 0 Å². The van der Waals surface area contributed by atoms with E-state index in [4.69, 9.17) is 4.42 Å². The number of nitrogens with zero attached hydrogens (tertiary/aromatic N) is 1. The molecule has 25 heavy (non-hydrogen) atoms. The van der Waals surface area contributed by atoms with Gasteiger partial charge in [0.1, 0.15) is 11.3 Å². The van der Waals surface area contributed by atoms with Crippen molar-refractivity contribution in [2.24, 2.45) is 4.99 Å². The Morgan fingerprint density at radius 3 is 2.92 bits per heavy atom. The highest BCUT2D eigenvalue weighted by Gasteiger charge is 2.31. The van der Waals surface area contributed by atoms with Gasteiger partial charge in [0.2, 0.25) is 0 Å². The molecule has 2 heterocycles. The molecule has 1 aromatic heterocycles. The van der Waals surface area contributed by atoms with E-state index >= 15 is 0 Å². The highest BCUT2D eigenvalue weighted by molar-refractivity contribution is 14.0. The molecule has 1 saturated heterocycles. The van der Waals surface area contributed by atoms with E-state index in [1.54, 1.807) is 11.8 Å². The van der Waals surface area contributed by atoms with Crippen molar-refractivity contribution >= 4 is 52.7 Å². The first kappa shape index (κ1) is 20.4. The van der Waals surface area contributed by atoms with Gasteiger partial charge in [-0.15, -0.1) is 24.0 Å². The first-order valence-electron chi connectivity index (χ1n) is 8.43. The van der Waals surface area contributed by atoms with Crippen molar-refractivity contribution in [3.05, 3.63) is 36.1 Å². The van der Waals surface area contributed by atoms with Crippen LogP contribution in [0, 0.1) is 0 Å². The lowest BCUT2D eigenvalue weighted by molar-refractivity contribution is 0.0778. The molecule has 1 aliphatic rings. The monoisotopic (exact) mass is 475 g/mol. The Hall–Kier alpha value is -0.930. The number of hydrogen-bond acceptors (Lipinski definition) is 4. The minimum atomic E-state index is -0.671. The molecule has 0 spiro atoms. The van der Waals surface area contributed by atoms with Crippen molar-refractivity contribution in [2.45, 2.75) is 31.9 Å². The van der Waals surface area contributed by atoms with E-state index in [-0.39, 0.29) is 30.0 Å². The Balaban J connectivity index is 0.00000225. The van der Waals surface area contributed by atoms with E-state index in [0.717, 1.165) is 41.2 Å². The predicted molar refractivity (Wildman–Crippen MR) is 116 cm³/mol. The van der Waals surface area contributed by atoms with Gasteiger partial charge >= 0.3 is 0 Å². The number of thioether (sulfide) groups is 1. The minimum Gasteiger partial charge on any atom is -0.459 e. The van der Waals surface area contributed by atoms with Gasteiger partial charge in [0.15, 0.2) is 5.96 Å². The summed E-state index contributed by atoms with van der Waals surface area (Å²) in [6.45, 7) is 5.27. The number of aliphatic hydroxyl groups is 1. The summed E-state index contributed by atoms with van der Waals surface area (Å²) < 4.78 is 5.91. The van der Waals surface area contributed by atoms with E-state index < -0.39 is 5.60 Å². The minimum absolute atomic E-state index is 0. The largest absolute Gasteiger partial charge is 0.459 e. The van der Waals surface area contributed by atoms with Gasteiger partial charge in [-0.1, -0.05) is 18.2 Å². The number of hydrogen-bond donors (Lipinski definition) is 3. The fourth-order valence-electron chi connectivity index (χ4n) is 2.76. The Morgan fingerprint density at radius 1 is 1.44 bits per heavy atom. The van der Waals surface area contributed by atoms with Gasteiger partial charge in [-0.25, -0.2) is 0 Å². The summed E-state index contributed by atoms with van der Waals surface area (Å²) in [6.07, 6.45) is 0.805. The standard InChI is InChI=1S/C18H25N3O2S.HI/c1-3-19-17(20-11-18(22)8-9-24-12-18)21-13(2)16-10-14-6-4-5-7-15(14)23-16;/h4-7,10,13,22H,3,8-9,11-12H2,1-2H3,(H2,19,20,21);1H. The molecule has 1 aromatic carbocycles. The van der Waals surface area contributed by atoms with Crippen LogP contribution in [0.25, 0.3) is 11.0 Å². The molecule has 7 heteroatoms. The van der Waals surface area contributed by atoms with Crippen molar-refractivity contribution in [1.82, 2.24) is 10.6 Å². The number of benzene rings is 1. The number of furan rings is 1. The van der Waals surface area contributed by atoms with E-state index in [0.29, 0.717) is 12.5 Å².